The van der Waals surface area contributed by atoms with Crippen molar-refractivity contribution >= 4 is 11.5 Å². The molecule has 1 aromatic carbocycles. The first kappa shape index (κ1) is 13.9. The first-order valence-electron chi connectivity index (χ1n) is 6.29. The SMILES string of the molecule is CCN1c2cccc(C(F)(F)F)c2CC1CC(C)=O. The highest BCUT2D eigenvalue weighted by Crippen LogP contribution is 2.41. The summed E-state index contributed by atoms with van der Waals surface area (Å²) in [4.78, 5) is 13.1. The van der Waals surface area contributed by atoms with Gasteiger partial charge in [-0.2, -0.15) is 13.2 Å². The van der Waals surface area contributed by atoms with E-state index in [2.05, 4.69) is 0 Å². The highest BCUT2D eigenvalue weighted by Gasteiger charge is 2.39. The zero-order valence-corrected chi connectivity index (χ0v) is 10.9. The van der Waals surface area contributed by atoms with Gasteiger partial charge in [0.15, 0.2) is 0 Å². The van der Waals surface area contributed by atoms with Gasteiger partial charge in [-0.3, -0.25) is 4.79 Å². The van der Waals surface area contributed by atoms with Crippen LogP contribution >= 0.6 is 0 Å². The summed E-state index contributed by atoms with van der Waals surface area (Å²) in [6, 6.07) is 4.10. The van der Waals surface area contributed by atoms with Crippen LogP contribution in [0.25, 0.3) is 0 Å². The lowest BCUT2D eigenvalue weighted by Gasteiger charge is -2.25. The summed E-state index contributed by atoms with van der Waals surface area (Å²) in [5, 5.41) is 0. The molecule has 0 aromatic heterocycles. The van der Waals surface area contributed by atoms with Gasteiger partial charge in [0.2, 0.25) is 0 Å². The number of halogens is 3. The molecule has 5 heteroatoms. The Kier molecular flexibility index (Phi) is 3.56. The van der Waals surface area contributed by atoms with E-state index in [1.54, 1.807) is 6.07 Å². The zero-order valence-electron chi connectivity index (χ0n) is 10.9. The highest BCUT2D eigenvalue weighted by atomic mass is 19.4. The Hall–Kier alpha value is -1.52. The number of ketones is 1. The fourth-order valence-electron chi connectivity index (χ4n) is 2.81. The number of alkyl halides is 3. The topological polar surface area (TPSA) is 20.3 Å². The second-order valence-electron chi connectivity index (χ2n) is 4.85. The molecule has 19 heavy (non-hydrogen) atoms. The van der Waals surface area contributed by atoms with Crippen molar-refractivity contribution in [3.05, 3.63) is 29.3 Å². The van der Waals surface area contributed by atoms with Crippen molar-refractivity contribution in [3.63, 3.8) is 0 Å². The number of likely N-dealkylation sites (N-methyl/N-ethyl adjacent to an activating group) is 1. The molecule has 0 spiro atoms. The number of hydrogen-bond acceptors (Lipinski definition) is 2. The second kappa shape index (κ2) is 4.87. The average molecular weight is 271 g/mol. The predicted molar refractivity (Wildman–Crippen MR) is 67.3 cm³/mol. The minimum absolute atomic E-state index is 0.00446. The van der Waals surface area contributed by atoms with Gasteiger partial charge in [-0.05, 0) is 38.0 Å². The van der Waals surface area contributed by atoms with Crippen LogP contribution in [-0.4, -0.2) is 18.4 Å². The fraction of sp³-hybridized carbons (Fsp3) is 0.500. The maximum atomic E-state index is 13.0. The molecule has 0 bridgehead atoms. The summed E-state index contributed by atoms with van der Waals surface area (Å²) in [6.07, 6.45) is -3.76. The lowest BCUT2D eigenvalue weighted by atomic mass is 10.0. The van der Waals surface area contributed by atoms with Crippen LogP contribution in [0.4, 0.5) is 18.9 Å². The number of hydrogen-bond donors (Lipinski definition) is 0. The monoisotopic (exact) mass is 271 g/mol. The third kappa shape index (κ3) is 2.60. The van der Waals surface area contributed by atoms with E-state index in [1.165, 1.54) is 13.0 Å². The summed E-state index contributed by atoms with van der Waals surface area (Å²) >= 11 is 0. The van der Waals surface area contributed by atoms with Gasteiger partial charge in [0.1, 0.15) is 5.78 Å². The lowest BCUT2D eigenvalue weighted by molar-refractivity contribution is -0.138. The van der Waals surface area contributed by atoms with Gasteiger partial charge in [-0.15, -0.1) is 0 Å². The lowest BCUT2D eigenvalue weighted by Crippen LogP contribution is -2.33. The second-order valence-corrected chi connectivity index (χ2v) is 4.85. The minimum atomic E-state index is -4.34. The quantitative estimate of drug-likeness (QED) is 0.839. The number of benzene rings is 1. The van der Waals surface area contributed by atoms with E-state index in [4.69, 9.17) is 0 Å². The summed E-state index contributed by atoms with van der Waals surface area (Å²) in [6.45, 7) is 3.97. The fourth-order valence-corrected chi connectivity index (χ4v) is 2.81. The normalized spacial score (nSPS) is 18.6. The molecule has 104 valence electrons. The summed E-state index contributed by atoms with van der Waals surface area (Å²) < 4.78 is 38.9. The Morgan fingerprint density at radius 1 is 1.42 bits per heavy atom. The number of carbonyl (C=O) groups excluding carboxylic acids is 1. The first-order valence-corrected chi connectivity index (χ1v) is 6.29. The van der Waals surface area contributed by atoms with Gasteiger partial charge >= 0.3 is 6.18 Å². The molecule has 0 fully saturated rings. The molecule has 1 aromatic rings. The third-order valence-electron chi connectivity index (χ3n) is 3.51. The molecule has 0 radical (unpaired) electrons. The molecular weight excluding hydrogens is 255 g/mol. The number of carbonyl (C=O) groups is 1. The summed E-state index contributed by atoms with van der Waals surface area (Å²) in [5.74, 6) is 0.00446. The number of anilines is 1. The zero-order chi connectivity index (χ0) is 14.2. The van der Waals surface area contributed by atoms with Gasteiger partial charge in [0, 0.05) is 24.7 Å². The Morgan fingerprint density at radius 3 is 2.63 bits per heavy atom. The average Bonchev–Trinajstić information content (AvgIpc) is 2.63. The van der Waals surface area contributed by atoms with Crippen LogP contribution in [0.3, 0.4) is 0 Å². The van der Waals surface area contributed by atoms with Crippen LogP contribution in [0.2, 0.25) is 0 Å². The van der Waals surface area contributed by atoms with E-state index >= 15 is 0 Å². The van der Waals surface area contributed by atoms with Crippen LogP contribution in [0.15, 0.2) is 18.2 Å². The summed E-state index contributed by atoms with van der Waals surface area (Å²) in [5.41, 5.74) is 0.362. The number of fused-ring (bicyclic) bond motifs is 1. The van der Waals surface area contributed by atoms with E-state index < -0.39 is 11.7 Å². The van der Waals surface area contributed by atoms with Crippen molar-refractivity contribution in [1.29, 1.82) is 0 Å². The predicted octanol–water partition coefficient (Wildman–Crippen LogP) is 3.44. The van der Waals surface area contributed by atoms with Crippen LogP contribution in [0, 0.1) is 0 Å². The Morgan fingerprint density at radius 2 is 2.11 bits per heavy atom. The van der Waals surface area contributed by atoms with E-state index in [1.807, 2.05) is 11.8 Å². The van der Waals surface area contributed by atoms with Gasteiger partial charge in [0.25, 0.3) is 0 Å². The van der Waals surface area contributed by atoms with Gasteiger partial charge in [-0.25, -0.2) is 0 Å². The van der Waals surface area contributed by atoms with Crippen LogP contribution in [-0.2, 0) is 17.4 Å². The first-order chi connectivity index (χ1) is 8.84. The standard InChI is InChI=1S/C14H16F3NO/c1-3-18-10(7-9(2)19)8-11-12(14(15,16)17)5-4-6-13(11)18/h4-6,10H,3,7-8H2,1-2H3. The van der Waals surface area contributed by atoms with Gasteiger partial charge in [-0.1, -0.05) is 6.07 Å². The van der Waals surface area contributed by atoms with Crippen molar-refractivity contribution < 1.29 is 18.0 Å². The Balaban J connectivity index is 2.42. The van der Waals surface area contributed by atoms with Gasteiger partial charge < -0.3 is 4.90 Å². The Bertz CT molecular complexity index is 496. The molecule has 1 aliphatic heterocycles. The van der Waals surface area contributed by atoms with Gasteiger partial charge in [0.05, 0.1) is 5.56 Å². The van der Waals surface area contributed by atoms with Crippen molar-refractivity contribution in [1.82, 2.24) is 0 Å². The van der Waals surface area contributed by atoms with Crippen LogP contribution in [0.5, 0.6) is 0 Å². The molecule has 0 saturated heterocycles. The molecule has 1 heterocycles. The van der Waals surface area contributed by atoms with E-state index in [0.29, 0.717) is 30.6 Å². The van der Waals surface area contributed by atoms with Crippen LogP contribution in [0.1, 0.15) is 31.4 Å². The molecule has 0 amide bonds. The molecule has 2 nitrogen and oxygen atoms in total. The largest absolute Gasteiger partial charge is 0.416 e. The summed E-state index contributed by atoms with van der Waals surface area (Å²) in [7, 11) is 0. The van der Waals surface area contributed by atoms with Crippen molar-refractivity contribution in [2.45, 2.75) is 38.9 Å². The molecule has 2 rings (SSSR count). The minimum Gasteiger partial charge on any atom is -0.368 e. The smallest absolute Gasteiger partial charge is 0.368 e. The maximum Gasteiger partial charge on any atom is 0.416 e. The number of rotatable bonds is 3. The molecular formula is C14H16F3NO. The number of nitrogens with zero attached hydrogens (tertiary/aromatic N) is 1. The van der Waals surface area contributed by atoms with E-state index in [9.17, 15) is 18.0 Å². The van der Waals surface area contributed by atoms with E-state index in [0.717, 1.165) is 6.07 Å². The molecule has 0 N–H and O–H groups in total. The molecule has 0 aliphatic carbocycles. The molecule has 0 saturated carbocycles. The van der Waals surface area contributed by atoms with E-state index in [-0.39, 0.29) is 11.8 Å². The molecule has 1 unspecified atom stereocenters. The molecule has 1 atom stereocenters. The van der Waals surface area contributed by atoms with Crippen molar-refractivity contribution in [2.24, 2.45) is 0 Å². The van der Waals surface area contributed by atoms with Crippen molar-refractivity contribution in [2.75, 3.05) is 11.4 Å². The maximum absolute atomic E-state index is 13.0. The van der Waals surface area contributed by atoms with Crippen molar-refractivity contribution in [3.8, 4) is 0 Å². The van der Waals surface area contributed by atoms with Crippen LogP contribution < -0.4 is 4.90 Å². The third-order valence-corrected chi connectivity index (χ3v) is 3.51. The number of Topliss-reactive ketones (excluding diaryl/α,β-unsaturated/α-hetero) is 1. The Labute approximate surface area is 110 Å². The highest BCUT2D eigenvalue weighted by molar-refractivity contribution is 5.78. The molecule has 1 aliphatic rings.